The highest BCUT2D eigenvalue weighted by molar-refractivity contribution is 7.89. The van der Waals surface area contributed by atoms with Crippen LogP contribution < -0.4 is 4.72 Å². The Labute approximate surface area is 117 Å². The molecule has 5 nitrogen and oxygen atoms in total. The van der Waals surface area contributed by atoms with Crippen molar-refractivity contribution in [1.82, 2.24) is 14.9 Å². The third-order valence-electron chi connectivity index (χ3n) is 2.63. The van der Waals surface area contributed by atoms with Crippen molar-refractivity contribution in [3.63, 3.8) is 0 Å². The Hall–Kier alpha value is -1.37. The van der Waals surface area contributed by atoms with Crippen LogP contribution in [0.1, 0.15) is 11.3 Å². The van der Waals surface area contributed by atoms with Crippen molar-refractivity contribution < 1.29 is 8.42 Å². The number of aromatic amines is 1. The van der Waals surface area contributed by atoms with Gasteiger partial charge in [-0.25, -0.2) is 13.1 Å². The molecule has 7 heteroatoms. The molecule has 2 N–H and O–H groups in total. The second-order valence-corrected chi connectivity index (χ2v) is 6.13. The number of nitrogens with one attached hydrogen (secondary N) is 2. The molecule has 0 aliphatic carbocycles. The molecule has 0 spiro atoms. The van der Waals surface area contributed by atoms with Crippen molar-refractivity contribution in [2.24, 2.45) is 0 Å². The molecule has 0 saturated carbocycles. The number of H-pyrrole nitrogens is 1. The van der Waals surface area contributed by atoms with Gasteiger partial charge in [0.25, 0.3) is 0 Å². The van der Waals surface area contributed by atoms with Crippen molar-refractivity contribution in [3.8, 4) is 0 Å². The number of benzene rings is 1. The predicted octanol–water partition coefficient (Wildman–Crippen LogP) is 1.67. The second kappa shape index (κ2) is 6.18. The summed E-state index contributed by atoms with van der Waals surface area (Å²) >= 11 is 5.63. The molecular formula is C12H14ClN3O2S. The fraction of sp³-hybridized carbons (Fsp3) is 0.250. The number of hydrogen-bond acceptors (Lipinski definition) is 3. The van der Waals surface area contributed by atoms with Crippen LogP contribution in [0.2, 0.25) is 0 Å². The van der Waals surface area contributed by atoms with Crippen LogP contribution in [-0.2, 0) is 23.0 Å². The van der Waals surface area contributed by atoms with Crippen LogP contribution in [-0.4, -0.2) is 24.5 Å². The van der Waals surface area contributed by atoms with E-state index in [2.05, 4.69) is 14.9 Å². The molecule has 1 aromatic heterocycles. The first-order chi connectivity index (χ1) is 9.12. The van der Waals surface area contributed by atoms with Gasteiger partial charge >= 0.3 is 0 Å². The van der Waals surface area contributed by atoms with Gasteiger partial charge in [-0.05, 0) is 30.2 Å². The van der Waals surface area contributed by atoms with Gasteiger partial charge in [0.2, 0.25) is 10.0 Å². The molecule has 0 unspecified atom stereocenters. The molecular weight excluding hydrogens is 286 g/mol. The Morgan fingerprint density at radius 3 is 2.53 bits per heavy atom. The van der Waals surface area contributed by atoms with Crippen LogP contribution in [0, 0.1) is 0 Å². The van der Waals surface area contributed by atoms with Crippen LogP contribution in [0.25, 0.3) is 0 Å². The molecule has 1 aromatic carbocycles. The minimum absolute atomic E-state index is 0.186. The molecule has 0 fully saturated rings. The van der Waals surface area contributed by atoms with Gasteiger partial charge in [0.15, 0.2) is 0 Å². The lowest BCUT2D eigenvalue weighted by Gasteiger charge is -2.06. The summed E-state index contributed by atoms with van der Waals surface area (Å²) in [5, 5.41) is 6.45. The van der Waals surface area contributed by atoms with E-state index < -0.39 is 10.0 Å². The van der Waals surface area contributed by atoms with E-state index in [-0.39, 0.29) is 11.4 Å². The van der Waals surface area contributed by atoms with Gasteiger partial charge in [-0.3, -0.25) is 5.10 Å². The number of aromatic nitrogens is 2. The van der Waals surface area contributed by atoms with Crippen molar-refractivity contribution in [2.75, 3.05) is 5.88 Å². The van der Waals surface area contributed by atoms with Gasteiger partial charge < -0.3 is 0 Å². The Balaban J connectivity index is 2.06. The van der Waals surface area contributed by atoms with E-state index in [1.54, 1.807) is 36.5 Å². The Kier molecular flexibility index (Phi) is 4.57. The fourth-order valence-electron chi connectivity index (χ4n) is 1.58. The topological polar surface area (TPSA) is 74.8 Å². The SMILES string of the molecule is O=S(=O)(NCc1ccn[nH]1)c1ccc(CCCl)cc1. The maximum Gasteiger partial charge on any atom is 0.240 e. The first-order valence-electron chi connectivity index (χ1n) is 5.74. The molecule has 0 atom stereocenters. The Bertz CT molecular complexity index is 609. The lowest BCUT2D eigenvalue weighted by atomic mass is 10.2. The molecule has 0 radical (unpaired) electrons. The van der Waals surface area contributed by atoms with Crippen molar-refractivity contribution in [1.29, 1.82) is 0 Å². The highest BCUT2D eigenvalue weighted by atomic mass is 35.5. The van der Waals surface area contributed by atoms with Gasteiger partial charge in [-0.1, -0.05) is 12.1 Å². The van der Waals surface area contributed by atoms with Crippen LogP contribution in [0.15, 0.2) is 41.4 Å². The summed E-state index contributed by atoms with van der Waals surface area (Å²) in [6.07, 6.45) is 2.30. The fourth-order valence-corrected chi connectivity index (χ4v) is 2.81. The molecule has 2 rings (SSSR count). The summed E-state index contributed by atoms with van der Waals surface area (Å²) in [6, 6.07) is 8.42. The summed E-state index contributed by atoms with van der Waals surface area (Å²) < 4.78 is 26.6. The largest absolute Gasteiger partial charge is 0.281 e. The molecule has 19 heavy (non-hydrogen) atoms. The first-order valence-corrected chi connectivity index (χ1v) is 7.76. The van der Waals surface area contributed by atoms with E-state index >= 15 is 0 Å². The molecule has 102 valence electrons. The van der Waals surface area contributed by atoms with E-state index in [1.807, 2.05) is 0 Å². The van der Waals surface area contributed by atoms with E-state index in [1.165, 1.54) is 0 Å². The third-order valence-corrected chi connectivity index (χ3v) is 4.23. The zero-order chi connectivity index (χ0) is 13.7. The monoisotopic (exact) mass is 299 g/mol. The number of halogens is 1. The summed E-state index contributed by atoms with van der Waals surface area (Å²) in [5.41, 5.74) is 1.73. The number of rotatable bonds is 6. The first kappa shape index (κ1) is 14.0. The van der Waals surface area contributed by atoms with Crippen LogP contribution in [0.5, 0.6) is 0 Å². The summed E-state index contributed by atoms with van der Waals surface area (Å²) in [5.74, 6) is 0.518. The third kappa shape index (κ3) is 3.79. The lowest BCUT2D eigenvalue weighted by Crippen LogP contribution is -2.23. The average Bonchev–Trinajstić information content (AvgIpc) is 2.91. The summed E-state index contributed by atoms with van der Waals surface area (Å²) in [4.78, 5) is 0.241. The van der Waals surface area contributed by atoms with E-state index in [0.717, 1.165) is 12.0 Å². The zero-order valence-corrected chi connectivity index (χ0v) is 11.7. The molecule has 1 heterocycles. The lowest BCUT2D eigenvalue weighted by molar-refractivity contribution is 0.580. The van der Waals surface area contributed by atoms with E-state index in [9.17, 15) is 8.42 Å². The second-order valence-electron chi connectivity index (χ2n) is 3.99. The van der Waals surface area contributed by atoms with Crippen molar-refractivity contribution in [2.45, 2.75) is 17.9 Å². The maximum absolute atomic E-state index is 12.0. The number of alkyl halides is 1. The van der Waals surface area contributed by atoms with Crippen molar-refractivity contribution >= 4 is 21.6 Å². The quantitative estimate of drug-likeness (QED) is 0.797. The summed E-state index contributed by atoms with van der Waals surface area (Å²) in [7, 11) is -3.50. The molecule has 0 aliphatic rings. The number of aryl methyl sites for hydroxylation is 1. The number of hydrogen-bond donors (Lipinski definition) is 2. The minimum atomic E-state index is -3.50. The highest BCUT2D eigenvalue weighted by Crippen LogP contribution is 2.11. The predicted molar refractivity (Wildman–Crippen MR) is 73.5 cm³/mol. The molecule has 0 amide bonds. The van der Waals surface area contributed by atoms with Crippen LogP contribution in [0.3, 0.4) is 0 Å². The number of nitrogens with zero attached hydrogens (tertiary/aromatic N) is 1. The number of sulfonamides is 1. The van der Waals surface area contributed by atoms with Crippen LogP contribution >= 0.6 is 11.6 Å². The van der Waals surface area contributed by atoms with Crippen LogP contribution in [0.4, 0.5) is 0 Å². The molecule has 0 aliphatic heterocycles. The standard InChI is InChI=1S/C12H14ClN3O2S/c13-7-5-10-1-3-12(4-2-10)19(17,18)15-9-11-6-8-14-16-11/h1-4,6,8,15H,5,7,9H2,(H,14,16). The molecule has 0 bridgehead atoms. The Morgan fingerprint density at radius 2 is 1.95 bits per heavy atom. The van der Waals surface area contributed by atoms with Crippen molar-refractivity contribution in [3.05, 3.63) is 47.8 Å². The van der Waals surface area contributed by atoms with Gasteiger partial charge in [0.1, 0.15) is 0 Å². The van der Waals surface area contributed by atoms with Gasteiger partial charge in [-0.2, -0.15) is 5.10 Å². The Morgan fingerprint density at radius 1 is 1.21 bits per heavy atom. The normalized spacial score (nSPS) is 11.6. The average molecular weight is 300 g/mol. The zero-order valence-electron chi connectivity index (χ0n) is 10.1. The molecule has 2 aromatic rings. The van der Waals surface area contributed by atoms with E-state index in [0.29, 0.717) is 11.6 Å². The molecule has 0 saturated heterocycles. The summed E-state index contributed by atoms with van der Waals surface area (Å²) in [6.45, 7) is 0.186. The minimum Gasteiger partial charge on any atom is -0.281 e. The highest BCUT2D eigenvalue weighted by Gasteiger charge is 2.13. The van der Waals surface area contributed by atoms with Gasteiger partial charge in [0.05, 0.1) is 17.1 Å². The van der Waals surface area contributed by atoms with Gasteiger partial charge in [0, 0.05) is 12.1 Å². The maximum atomic E-state index is 12.0. The van der Waals surface area contributed by atoms with Gasteiger partial charge in [-0.15, -0.1) is 11.6 Å². The van der Waals surface area contributed by atoms with E-state index in [4.69, 9.17) is 11.6 Å². The smallest absolute Gasteiger partial charge is 0.240 e.